The molecule has 0 radical (unpaired) electrons. The second kappa shape index (κ2) is 8.30. The summed E-state index contributed by atoms with van der Waals surface area (Å²) >= 11 is 6.44. The number of anilines is 1. The molecule has 5 rings (SSSR count). The number of nitrogens with zero attached hydrogens (tertiary/aromatic N) is 7. The van der Waals surface area contributed by atoms with Gasteiger partial charge >= 0.3 is 0 Å². The van der Waals surface area contributed by atoms with Gasteiger partial charge < -0.3 is 15.4 Å². The summed E-state index contributed by atoms with van der Waals surface area (Å²) in [5, 5.41) is 19.0. The maximum Gasteiger partial charge on any atom is 0.179 e. The fourth-order valence-electron chi connectivity index (χ4n) is 4.24. The first-order valence-electron chi connectivity index (χ1n) is 10.7. The fraction of sp³-hybridized carbons (Fsp3) is 0.304. The molecule has 9 nitrogen and oxygen atoms in total. The summed E-state index contributed by atoms with van der Waals surface area (Å²) in [7, 11) is 0. The standard InChI is InChI=1S/C23H23ClN8O/c1-14-19-6-7-30(13-25)8-9-31(19)29-22(14)16-10-20(23-17(24)11-27-32(23)12-16)33-15(2)18-4-3-5-21(26)28-18/h3-5,10-12,15H,6-9H2,1-2H3,(H2,26,28). The molecule has 0 saturated heterocycles. The summed E-state index contributed by atoms with van der Waals surface area (Å²) in [6.45, 7) is 5.99. The number of ether oxygens (including phenoxy) is 1. The molecule has 5 heterocycles. The Morgan fingerprint density at radius 2 is 2.12 bits per heavy atom. The van der Waals surface area contributed by atoms with Crippen LogP contribution < -0.4 is 10.5 Å². The van der Waals surface area contributed by atoms with Gasteiger partial charge in [-0.1, -0.05) is 17.7 Å². The van der Waals surface area contributed by atoms with Crippen molar-refractivity contribution in [2.45, 2.75) is 32.9 Å². The number of hydrogen-bond acceptors (Lipinski definition) is 7. The molecule has 168 valence electrons. The lowest BCUT2D eigenvalue weighted by atomic mass is 10.1. The summed E-state index contributed by atoms with van der Waals surface area (Å²) < 4.78 is 10.0. The zero-order chi connectivity index (χ0) is 23.1. The minimum atomic E-state index is -0.352. The van der Waals surface area contributed by atoms with Crippen LogP contribution in [0.5, 0.6) is 5.75 Å². The van der Waals surface area contributed by atoms with Gasteiger partial charge in [-0.2, -0.15) is 15.5 Å². The molecule has 4 aromatic rings. The summed E-state index contributed by atoms with van der Waals surface area (Å²) in [5.74, 6) is 1.03. The number of fused-ring (bicyclic) bond motifs is 2. The van der Waals surface area contributed by atoms with E-state index in [-0.39, 0.29) is 6.10 Å². The molecule has 0 saturated carbocycles. The van der Waals surface area contributed by atoms with Crippen molar-refractivity contribution < 1.29 is 4.74 Å². The van der Waals surface area contributed by atoms with Gasteiger partial charge in [-0.25, -0.2) is 9.50 Å². The van der Waals surface area contributed by atoms with Crippen LogP contribution in [-0.2, 0) is 13.0 Å². The maximum atomic E-state index is 9.24. The van der Waals surface area contributed by atoms with Crippen molar-refractivity contribution in [1.82, 2.24) is 29.3 Å². The molecular formula is C23H23ClN8O. The molecule has 1 unspecified atom stereocenters. The van der Waals surface area contributed by atoms with E-state index in [0.717, 1.165) is 34.6 Å². The van der Waals surface area contributed by atoms with E-state index in [1.54, 1.807) is 21.7 Å². The number of aromatic nitrogens is 5. The number of nitrogen functional groups attached to an aromatic ring is 1. The predicted molar refractivity (Wildman–Crippen MR) is 125 cm³/mol. The molecule has 0 amide bonds. The van der Waals surface area contributed by atoms with Crippen molar-refractivity contribution in [3.05, 3.63) is 58.6 Å². The van der Waals surface area contributed by atoms with Gasteiger partial charge in [0.25, 0.3) is 0 Å². The first-order valence-corrected chi connectivity index (χ1v) is 11.1. The van der Waals surface area contributed by atoms with Gasteiger partial charge in [-0.15, -0.1) is 0 Å². The first-order chi connectivity index (χ1) is 15.9. The monoisotopic (exact) mass is 462 g/mol. The summed E-state index contributed by atoms with van der Waals surface area (Å²) in [6, 6.07) is 7.41. The van der Waals surface area contributed by atoms with Gasteiger partial charge in [0.05, 0.1) is 29.2 Å². The first kappa shape index (κ1) is 21.1. The lowest BCUT2D eigenvalue weighted by Gasteiger charge is -2.16. The van der Waals surface area contributed by atoms with Crippen LogP contribution in [0.4, 0.5) is 5.82 Å². The number of nitriles is 1. The lowest BCUT2D eigenvalue weighted by molar-refractivity contribution is 0.224. The summed E-state index contributed by atoms with van der Waals surface area (Å²) in [6.07, 6.45) is 6.16. The summed E-state index contributed by atoms with van der Waals surface area (Å²) in [4.78, 5) is 6.14. The second-order valence-electron chi connectivity index (χ2n) is 8.11. The number of halogens is 1. The van der Waals surface area contributed by atoms with Crippen LogP contribution in [0.25, 0.3) is 16.8 Å². The smallest absolute Gasteiger partial charge is 0.179 e. The van der Waals surface area contributed by atoms with Crippen LogP contribution in [0.15, 0.2) is 36.7 Å². The van der Waals surface area contributed by atoms with Crippen LogP contribution in [0, 0.1) is 18.4 Å². The zero-order valence-corrected chi connectivity index (χ0v) is 19.1. The fourth-order valence-corrected chi connectivity index (χ4v) is 4.47. The van der Waals surface area contributed by atoms with E-state index in [1.165, 1.54) is 0 Å². The van der Waals surface area contributed by atoms with Crippen LogP contribution >= 0.6 is 11.6 Å². The van der Waals surface area contributed by atoms with Crippen molar-refractivity contribution in [2.24, 2.45) is 0 Å². The SMILES string of the molecule is Cc1c(-c2cc(OC(C)c3cccc(N)n3)c3c(Cl)cnn3c2)nn2c1CCN(C#N)CC2. The van der Waals surface area contributed by atoms with Crippen LogP contribution in [0.3, 0.4) is 0 Å². The lowest BCUT2D eigenvalue weighted by Crippen LogP contribution is -2.21. The Morgan fingerprint density at radius 3 is 2.91 bits per heavy atom. The van der Waals surface area contributed by atoms with E-state index in [1.807, 2.05) is 36.0 Å². The maximum absolute atomic E-state index is 9.24. The molecule has 10 heteroatoms. The number of pyridine rings is 2. The van der Waals surface area contributed by atoms with E-state index < -0.39 is 0 Å². The highest BCUT2D eigenvalue weighted by atomic mass is 35.5. The van der Waals surface area contributed by atoms with Gasteiger partial charge in [0, 0.05) is 37.0 Å². The molecule has 0 aliphatic carbocycles. The average Bonchev–Trinajstić information content (AvgIpc) is 3.25. The number of rotatable bonds is 4. The molecule has 0 spiro atoms. The van der Waals surface area contributed by atoms with Gasteiger partial charge in [0.1, 0.15) is 23.2 Å². The molecule has 1 aliphatic heterocycles. The van der Waals surface area contributed by atoms with Gasteiger partial charge in [-0.3, -0.25) is 4.68 Å². The third-order valence-corrected chi connectivity index (χ3v) is 6.26. The minimum absolute atomic E-state index is 0.352. The van der Waals surface area contributed by atoms with E-state index in [2.05, 4.69) is 23.2 Å². The van der Waals surface area contributed by atoms with E-state index in [4.69, 9.17) is 27.2 Å². The van der Waals surface area contributed by atoms with Gasteiger partial charge in [-0.05, 0) is 37.6 Å². The highest BCUT2D eigenvalue weighted by molar-refractivity contribution is 6.34. The van der Waals surface area contributed by atoms with Crippen molar-refractivity contribution >= 4 is 22.9 Å². The average molecular weight is 463 g/mol. The summed E-state index contributed by atoms with van der Waals surface area (Å²) in [5.41, 5.74) is 11.2. The highest BCUT2D eigenvalue weighted by Crippen LogP contribution is 2.36. The van der Waals surface area contributed by atoms with Crippen molar-refractivity contribution in [2.75, 3.05) is 18.8 Å². The Morgan fingerprint density at radius 1 is 1.27 bits per heavy atom. The Bertz CT molecular complexity index is 1390. The molecule has 4 aromatic heterocycles. The topological polar surface area (TPSA) is 110 Å². The number of hydrogen-bond donors (Lipinski definition) is 1. The van der Waals surface area contributed by atoms with Crippen molar-refractivity contribution in [3.8, 4) is 23.2 Å². The van der Waals surface area contributed by atoms with Gasteiger partial charge in [0.2, 0.25) is 0 Å². The molecule has 1 atom stereocenters. The largest absolute Gasteiger partial charge is 0.482 e. The second-order valence-corrected chi connectivity index (χ2v) is 8.51. The van der Waals surface area contributed by atoms with E-state index in [9.17, 15) is 5.26 Å². The van der Waals surface area contributed by atoms with Gasteiger partial charge in [0.15, 0.2) is 6.19 Å². The molecule has 2 N–H and O–H groups in total. The van der Waals surface area contributed by atoms with Crippen molar-refractivity contribution in [1.29, 1.82) is 5.26 Å². The van der Waals surface area contributed by atoms with Crippen LogP contribution in [-0.4, -0.2) is 42.4 Å². The highest BCUT2D eigenvalue weighted by Gasteiger charge is 2.22. The molecule has 0 bridgehead atoms. The molecule has 0 aromatic carbocycles. The van der Waals surface area contributed by atoms with Crippen LogP contribution in [0.1, 0.15) is 30.0 Å². The predicted octanol–water partition coefficient (Wildman–Crippen LogP) is 3.62. The third-order valence-electron chi connectivity index (χ3n) is 5.98. The van der Waals surface area contributed by atoms with E-state index in [0.29, 0.717) is 41.7 Å². The Balaban J connectivity index is 1.56. The molecular weight excluding hydrogens is 440 g/mol. The number of nitrogens with two attached hydrogens (primary N) is 1. The molecule has 1 aliphatic rings. The molecule has 33 heavy (non-hydrogen) atoms. The third kappa shape index (κ3) is 3.83. The quantitative estimate of drug-likeness (QED) is 0.461. The Hall–Kier alpha value is -3.77. The zero-order valence-electron chi connectivity index (χ0n) is 18.4. The molecule has 0 fully saturated rings. The van der Waals surface area contributed by atoms with E-state index >= 15 is 0 Å². The minimum Gasteiger partial charge on any atom is -0.482 e. The van der Waals surface area contributed by atoms with Crippen LogP contribution in [0.2, 0.25) is 5.02 Å². The normalized spacial score (nSPS) is 14.5. The Labute approximate surface area is 196 Å². The Kier molecular flexibility index (Phi) is 5.30. The van der Waals surface area contributed by atoms with Crippen molar-refractivity contribution in [3.63, 3.8) is 0 Å².